The van der Waals surface area contributed by atoms with E-state index < -0.39 is 5.79 Å². The molecule has 0 spiro atoms. The first-order valence-corrected chi connectivity index (χ1v) is 4.68. The fraction of sp³-hybridized carbons (Fsp3) is 0.0833. The Labute approximate surface area is 105 Å². The maximum atomic E-state index is 12.1. The van der Waals surface area contributed by atoms with Crippen molar-refractivity contribution < 1.29 is 29.1 Å². The van der Waals surface area contributed by atoms with Gasteiger partial charge >= 0.3 is 18.9 Å². The number of hydrogen-bond acceptors (Lipinski definition) is 3. The minimum Gasteiger partial charge on any atom is -0.821 e. The summed E-state index contributed by atoms with van der Waals surface area (Å²) in [4.78, 5) is 3.88. The number of benzene rings is 1. The van der Waals surface area contributed by atoms with E-state index in [1.165, 1.54) is 6.20 Å². The summed E-state index contributed by atoms with van der Waals surface area (Å²) in [6.07, 6.45) is 3.05. The molecule has 1 atom stereocenters. The van der Waals surface area contributed by atoms with Gasteiger partial charge in [-0.2, -0.15) is 0 Å². The van der Waals surface area contributed by atoms with Crippen LogP contribution in [0.2, 0.25) is 0 Å². The number of fused-ring (bicyclic) bond motifs is 3. The number of hydrogen-bond donors (Lipinski definition) is 1. The summed E-state index contributed by atoms with van der Waals surface area (Å²) in [6, 6.07) is 8.85. The van der Waals surface area contributed by atoms with E-state index in [1.807, 2.05) is 12.1 Å². The van der Waals surface area contributed by atoms with Crippen molar-refractivity contribution >= 4 is 0 Å². The summed E-state index contributed by atoms with van der Waals surface area (Å²) >= 11 is 0. The molecule has 2 aromatic rings. The van der Waals surface area contributed by atoms with Crippen molar-refractivity contribution in [3.8, 4) is 11.1 Å². The van der Waals surface area contributed by atoms with Crippen LogP contribution in [-0.4, -0.2) is 10.1 Å². The Morgan fingerprint density at radius 1 is 1.06 bits per heavy atom. The van der Waals surface area contributed by atoms with Crippen molar-refractivity contribution in [3.63, 3.8) is 0 Å². The molecular weight excluding hydrogens is 197 g/mol. The summed E-state index contributed by atoms with van der Waals surface area (Å²) < 4.78 is 0. The van der Waals surface area contributed by atoms with E-state index in [0.29, 0.717) is 11.1 Å². The Kier molecular flexibility index (Phi) is 2.65. The second kappa shape index (κ2) is 3.72. The Hall–Kier alpha value is -1.11. The Balaban J connectivity index is 0.000000963. The number of pyridine rings is 1. The number of aliphatic hydroxyl groups is 1. The molecule has 1 aromatic heterocycles. The minimum absolute atomic E-state index is 0. The summed E-state index contributed by atoms with van der Waals surface area (Å²) in [5, 5.41) is 22.0. The van der Waals surface area contributed by atoms with E-state index >= 15 is 0 Å². The molecule has 0 aliphatic heterocycles. The van der Waals surface area contributed by atoms with Gasteiger partial charge in [-0.3, -0.25) is 4.98 Å². The zero-order valence-corrected chi connectivity index (χ0v) is 8.84. The van der Waals surface area contributed by atoms with Crippen LogP contribution in [0.4, 0.5) is 0 Å². The summed E-state index contributed by atoms with van der Waals surface area (Å²) in [5.41, 5.74) is 2.32. The van der Waals surface area contributed by atoms with Gasteiger partial charge in [-0.1, -0.05) is 24.3 Å². The zero-order valence-electron chi connectivity index (χ0n) is 8.84. The van der Waals surface area contributed by atoms with Crippen LogP contribution in [0.5, 0.6) is 0 Å². The Morgan fingerprint density at radius 3 is 2.56 bits per heavy atom. The molecule has 1 N–H and O–H groups in total. The van der Waals surface area contributed by atoms with Crippen LogP contribution < -0.4 is 24.0 Å². The van der Waals surface area contributed by atoms with Gasteiger partial charge in [0.2, 0.25) is 0 Å². The van der Waals surface area contributed by atoms with E-state index in [2.05, 4.69) is 4.98 Å². The Bertz CT molecular complexity index is 493. The zero-order chi connectivity index (χ0) is 10.5. The molecule has 16 heavy (non-hydrogen) atoms. The van der Waals surface area contributed by atoms with Gasteiger partial charge in [-0.15, -0.1) is 0 Å². The summed E-state index contributed by atoms with van der Waals surface area (Å²) in [6.45, 7) is 0. The number of rotatable bonds is 0. The maximum absolute atomic E-state index is 12.1. The third-order valence-electron chi connectivity index (χ3n) is 2.77. The van der Waals surface area contributed by atoms with Crippen LogP contribution in [0.3, 0.4) is 0 Å². The van der Waals surface area contributed by atoms with E-state index in [-0.39, 0.29) is 18.9 Å². The molecule has 3 nitrogen and oxygen atoms in total. The van der Waals surface area contributed by atoms with Gasteiger partial charge < -0.3 is 10.2 Å². The Morgan fingerprint density at radius 2 is 1.75 bits per heavy atom. The van der Waals surface area contributed by atoms with Crippen molar-refractivity contribution in [2.24, 2.45) is 0 Å². The van der Waals surface area contributed by atoms with Crippen molar-refractivity contribution in [3.05, 3.63) is 53.9 Å². The van der Waals surface area contributed by atoms with E-state index in [0.717, 1.165) is 11.1 Å². The fourth-order valence-electron chi connectivity index (χ4n) is 2.06. The van der Waals surface area contributed by atoms with E-state index in [1.54, 1.807) is 24.4 Å². The average molecular weight is 205 g/mol. The largest absolute Gasteiger partial charge is 1.00 e. The first-order valence-electron chi connectivity index (χ1n) is 4.68. The van der Waals surface area contributed by atoms with Gasteiger partial charge in [0.25, 0.3) is 0 Å². The van der Waals surface area contributed by atoms with Crippen LogP contribution in [0.15, 0.2) is 42.7 Å². The molecule has 1 heterocycles. The van der Waals surface area contributed by atoms with E-state index in [4.69, 9.17) is 0 Å². The third-order valence-corrected chi connectivity index (χ3v) is 2.77. The quantitative estimate of drug-likeness (QED) is 0.386. The number of nitrogens with zero attached hydrogens (tertiary/aromatic N) is 1. The summed E-state index contributed by atoms with van der Waals surface area (Å²) in [5.74, 6) is -2.15. The predicted octanol–water partition coefficient (Wildman–Crippen LogP) is -2.38. The topological polar surface area (TPSA) is 56.2 Å². The van der Waals surface area contributed by atoms with Gasteiger partial charge in [0.05, 0.1) is 0 Å². The average Bonchev–Trinajstić information content (AvgIpc) is 2.51. The van der Waals surface area contributed by atoms with Crippen molar-refractivity contribution in [2.75, 3.05) is 0 Å². The molecule has 0 saturated carbocycles. The molecule has 74 valence electrons. The van der Waals surface area contributed by atoms with Crippen LogP contribution in [-0.2, 0) is 5.79 Å². The molecule has 1 aliphatic carbocycles. The molecule has 1 aromatic carbocycles. The third kappa shape index (κ3) is 1.34. The van der Waals surface area contributed by atoms with Gasteiger partial charge in [-0.05, 0) is 28.3 Å². The first kappa shape index (κ1) is 11.4. The van der Waals surface area contributed by atoms with Gasteiger partial charge in [0.15, 0.2) is 0 Å². The maximum Gasteiger partial charge on any atom is 1.00 e. The molecule has 0 bridgehead atoms. The van der Waals surface area contributed by atoms with Crippen LogP contribution >= 0.6 is 0 Å². The predicted molar refractivity (Wildman–Crippen MR) is 52.7 cm³/mol. The van der Waals surface area contributed by atoms with Crippen molar-refractivity contribution in [2.45, 2.75) is 5.79 Å². The monoisotopic (exact) mass is 205 g/mol. The molecule has 0 radical (unpaired) electrons. The molecule has 1 unspecified atom stereocenters. The van der Waals surface area contributed by atoms with Crippen LogP contribution in [0.1, 0.15) is 11.1 Å². The van der Waals surface area contributed by atoms with E-state index in [9.17, 15) is 10.2 Å². The second-order valence-corrected chi connectivity index (χ2v) is 3.61. The second-order valence-electron chi connectivity index (χ2n) is 3.61. The minimum atomic E-state index is -2.15. The fourth-order valence-corrected chi connectivity index (χ4v) is 2.06. The molecule has 0 saturated heterocycles. The molecule has 0 amide bonds. The SMILES string of the molecule is [Li+].[O-]C1(O)c2ccccc2-c2ccncc21. The molecular formula is C12H8LiNO2. The van der Waals surface area contributed by atoms with Crippen LogP contribution in [0.25, 0.3) is 11.1 Å². The molecule has 0 fully saturated rings. The van der Waals surface area contributed by atoms with Crippen molar-refractivity contribution in [1.82, 2.24) is 4.98 Å². The van der Waals surface area contributed by atoms with Gasteiger partial charge in [-0.25, -0.2) is 0 Å². The van der Waals surface area contributed by atoms with Gasteiger partial charge in [0.1, 0.15) is 0 Å². The smallest absolute Gasteiger partial charge is 0.821 e. The molecule has 3 rings (SSSR count). The van der Waals surface area contributed by atoms with Crippen LogP contribution in [0, 0.1) is 0 Å². The summed E-state index contributed by atoms with van der Waals surface area (Å²) in [7, 11) is 0. The van der Waals surface area contributed by atoms with Crippen molar-refractivity contribution in [1.29, 1.82) is 0 Å². The number of aromatic nitrogens is 1. The standard InChI is InChI=1S/C12H8NO2.Li/c14-12(15)10-4-2-1-3-8(10)9-5-6-13-7-11(9)12;/h1-7,14H;/q-1;+1. The normalized spacial score (nSPS) is 20.9. The first-order chi connectivity index (χ1) is 7.21. The molecule has 1 aliphatic rings. The van der Waals surface area contributed by atoms with Gasteiger partial charge in [0, 0.05) is 18.2 Å². The molecule has 4 heteroatoms.